The number of aromatic nitrogens is 2. The number of benzene rings is 2. The van der Waals surface area contributed by atoms with Gasteiger partial charge in [0.15, 0.2) is 5.16 Å². The lowest BCUT2D eigenvalue weighted by atomic mass is 10.2. The predicted molar refractivity (Wildman–Crippen MR) is 110 cm³/mol. The Balaban J connectivity index is 1.79. The van der Waals surface area contributed by atoms with Crippen LogP contribution in [-0.2, 0) is 10.0 Å². The molecule has 0 fully saturated rings. The summed E-state index contributed by atoms with van der Waals surface area (Å²) in [4.78, 5) is 30.8. The van der Waals surface area contributed by atoms with Gasteiger partial charge in [0.05, 0.1) is 25.9 Å². The molecule has 0 bridgehead atoms. The van der Waals surface area contributed by atoms with Crippen molar-refractivity contribution in [3.8, 4) is 0 Å². The SMILES string of the molecule is O=[N+]([O-])c1cccc(S(=O)(=O)N/N=C/c2ccc(Sc3ncccn3)c([N+](=O)[O-])c2)c1. The molecular weight excluding hydrogens is 448 g/mol. The summed E-state index contributed by atoms with van der Waals surface area (Å²) in [5.41, 5.74) is -0.368. The third kappa shape index (κ3) is 5.58. The van der Waals surface area contributed by atoms with Crippen LogP contribution in [0.3, 0.4) is 0 Å². The Morgan fingerprint density at radius 1 is 1.00 bits per heavy atom. The van der Waals surface area contributed by atoms with Crippen LogP contribution >= 0.6 is 11.8 Å². The number of hydrazone groups is 1. The molecule has 0 spiro atoms. The number of nitro benzene ring substituents is 2. The number of non-ortho nitro benzene ring substituents is 1. The van der Waals surface area contributed by atoms with E-state index in [1.165, 1.54) is 42.7 Å². The van der Waals surface area contributed by atoms with Crippen LogP contribution in [0, 0.1) is 20.2 Å². The van der Waals surface area contributed by atoms with Crippen molar-refractivity contribution in [1.82, 2.24) is 14.8 Å². The maximum Gasteiger partial charge on any atom is 0.283 e. The Morgan fingerprint density at radius 2 is 1.74 bits per heavy atom. The predicted octanol–water partition coefficient (Wildman–Crippen LogP) is 2.76. The highest BCUT2D eigenvalue weighted by Gasteiger charge is 2.18. The standard InChI is InChI=1S/C17H12N6O6S2/c24-22(25)13-3-1-4-14(10-13)31(28,29)21-20-11-12-5-6-16(15(9-12)23(26)27)30-17-18-7-2-8-19-17/h1-11,21H/b20-11+. The van der Waals surface area contributed by atoms with Gasteiger partial charge in [-0.15, -0.1) is 0 Å². The van der Waals surface area contributed by atoms with E-state index in [9.17, 15) is 28.6 Å². The molecule has 3 aromatic rings. The molecule has 0 radical (unpaired) electrons. The largest absolute Gasteiger partial charge is 0.283 e. The second-order valence-corrected chi connectivity index (χ2v) is 8.40. The molecule has 12 nitrogen and oxygen atoms in total. The van der Waals surface area contributed by atoms with Gasteiger partial charge < -0.3 is 0 Å². The molecule has 1 heterocycles. The summed E-state index contributed by atoms with van der Waals surface area (Å²) in [6, 6.07) is 10.3. The maximum atomic E-state index is 12.3. The Morgan fingerprint density at radius 3 is 2.42 bits per heavy atom. The minimum Gasteiger partial charge on any atom is -0.258 e. The number of nitrogens with zero attached hydrogens (tertiary/aromatic N) is 5. The first kappa shape index (κ1) is 21.8. The van der Waals surface area contributed by atoms with Gasteiger partial charge in [-0.1, -0.05) is 12.1 Å². The summed E-state index contributed by atoms with van der Waals surface area (Å²) in [6.45, 7) is 0. The van der Waals surface area contributed by atoms with Gasteiger partial charge in [0.2, 0.25) is 0 Å². The van der Waals surface area contributed by atoms with Gasteiger partial charge >= 0.3 is 0 Å². The monoisotopic (exact) mass is 460 g/mol. The minimum atomic E-state index is -4.17. The van der Waals surface area contributed by atoms with Crippen LogP contribution < -0.4 is 4.83 Å². The number of nitro groups is 2. The van der Waals surface area contributed by atoms with Crippen molar-refractivity contribution in [2.75, 3.05) is 0 Å². The number of hydrogen-bond acceptors (Lipinski definition) is 10. The van der Waals surface area contributed by atoms with E-state index in [2.05, 4.69) is 15.1 Å². The highest BCUT2D eigenvalue weighted by Crippen LogP contribution is 2.33. The third-order valence-corrected chi connectivity index (χ3v) is 5.83. The molecule has 158 valence electrons. The molecule has 0 aliphatic rings. The van der Waals surface area contributed by atoms with E-state index >= 15 is 0 Å². The zero-order valence-electron chi connectivity index (χ0n) is 15.4. The zero-order chi connectivity index (χ0) is 22.4. The van der Waals surface area contributed by atoms with E-state index in [0.29, 0.717) is 10.1 Å². The molecule has 0 aliphatic heterocycles. The van der Waals surface area contributed by atoms with Crippen LogP contribution in [0.15, 0.2) is 81.0 Å². The normalized spacial score (nSPS) is 11.4. The minimum absolute atomic E-state index is 0.233. The van der Waals surface area contributed by atoms with Crippen molar-refractivity contribution in [1.29, 1.82) is 0 Å². The summed E-state index contributed by atoms with van der Waals surface area (Å²) in [7, 11) is -4.17. The second-order valence-electron chi connectivity index (χ2n) is 5.73. The van der Waals surface area contributed by atoms with E-state index < -0.39 is 25.6 Å². The lowest BCUT2D eigenvalue weighted by Gasteiger charge is -2.04. The Bertz CT molecular complexity index is 1270. The molecule has 0 saturated carbocycles. The van der Waals surface area contributed by atoms with Crippen molar-refractivity contribution >= 4 is 39.4 Å². The average Bonchev–Trinajstić information content (AvgIpc) is 2.75. The quantitative estimate of drug-likeness (QED) is 0.230. The average molecular weight is 460 g/mol. The number of rotatable bonds is 8. The Labute approximate surface area is 179 Å². The van der Waals surface area contributed by atoms with Gasteiger partial charge in [0.1, 0.15) is 0 Å². The fourth-order valence-electron chi connectivity index (χ4n) is 2.27. The van der Waals surface area contributed by atoms with E-state index in [4.69, 9.17) is 0 Å². The number of nitrogens with one attached hydrogen (secondary N) is 1. The van der Waals surface area contributed by atoms with Crippen molar-refractivity contribution in [3.63, 3.8) is 0 Å². The smallest absolute Gasteiger partial charge is 0.258 e. The first-order valence-corrected chi connectivity index (χ1v) is 10.6. The van der Waals surface area contributed by atoms with Gasteiger partial charge in [-0.25, -0.2) is 14.8 Å². The first-order chi connectivity index (χ1) is 14.8. The highest BCUT2D eigenvalue weighted by molar-refractivity contribution is 7.99. The lowest BCUT2D eigenvalue weighted by Crippen LogP contribution is -2.18. The molecule has 0 atom stereocenters. The molecule has 0 amide bonds. The summed E-state index contributed by atoms with van der Waals surface area (Å²) < 4.78 is 24.5. The number of hydrogen-bond donors (Lipinski definition) is 1. The third-order valence-electron chi connectivity index (χ3n) is 3.65. The second kappa shape index (κ2) is 9.27. The van der Waals surface area contributed by atoms with Crippen molar-refractivity contribution in [3.05, 3.63) is 86.7 Å². The van der Waals surface area contributed by atoms with Crippen LogP contribution in [-0.4, -0.2) is 34.4 Å². The van der Waals surface area contributed by atoms with E-state index in [1.54, 1.807) is 6.07 Å². The molecule has 1 aromatic heterocycles. The Hall–Kier alpha value is -3.91. The van der Waals surface area contributed by atoms with Crippen LogP contribution in [0.2, 0.25) is 0 Å². The van der Waals surface area contributed by atoms with Crippen molar-refractivity contribution in [2.24, 2.45) is 5.10 Å². The molecule has 0 saturated heterocycles. The molecule has 31 heavy (non-hydrogen) atoms. The van der Waals surface area contributed by atoms with Crippen molar-refractivity contribution < 1.29 is 18.3 Å². The molecule has 0 aliphatic carbocycles. The van der Waals surface area contributed by atoms with E-state index in [0.717, 1.165) is 30.1 Å². The molecular formula is C17H12N6O6S2. The first-order valence-electron chi connectivity index (χ1n) is 8.29. The topological polar surface area (TPSA) is 171 Å². The lowest BCUT2D eigenvalue weighted by molar-refractivity contribution is -0.387. The Kier molecular flexibility index (Phi) is 6.52. The summed E-state index contributed by atoms with van der Waals surface area (Å²) in [5, 5.41) is 26.1. The van der Waals surface area contributed by atoms with Gasteiger partial charge in [-0.05, 0) is 30.0 Å². The summed E-state index contributed by atoms with van der Waals surface area (Å²) in [6.07, 6.45) is 4.10. The highest BCUT2D eigenvalue weighted by atomic mass is 32.2. The fraction of sp³-hybridized carbons (Fsp3) is 0. The summed E-state index contributed by atoms with van der Waals surface area (Å²) >= 11 is 1.01. The molecule has 14 heteroatoms. The number of sulfonamides is 1. The zero-order valence-corrected chi connectivity index (χ0v) is 17.0. The molecule has 2 aromatic carbocycles. The molecule has 1 N–H and O–H groups in total. The van der Waals surface area contributed by atoms with E-state index in [1.807, 2.05) is 4.83 Å². The van der Waals surface area contributed by atoms with Crippen LogP contribution in [0.1, 0.15) is 5.56 Å². The fourth-order valence-corrected chi connectivity index (χ4v) is 3.90. The van der Waals surface area contributed by atoms with Gasteiger partial charge in [0.25, 0.3) is 21.4 Å². The summed E-state index contributed by atoms with van der Waals surface area (Å²) in [5.74, 6) is 0. The molecule has 0 unspecified atom stereocenters. The van der Waals surface area contributed by atoms with E-state index in [-0.39, 0.29) is 16.1 Å². The van der Waals surface area contributed by atoms with Crippen LogP contribution in [0.25, 0.3) is 0 Å². The van der Waals surface area contributed by atoms with Crippen LogP contribution in [0.4, 0.5) is 11.4 Å². The van der Waals surface area contributed by atoms with Gasteiger partial charge in [-0.3, -0.25) is 20.2 Å². The van der Waals surface area contributed by atoms with Crippen molar-refractivity contribution in [2.45, 2.75) is 14.9 Å². The van der Waals surface area contributed by atoms with Gasteiger partial charge in [0, 0.05) is 36.2 Å². The molecule has 3 rings (SSSR count). The van der Waals surface area contributed by atoms with Gasteiger partial charge in [-0.2, -0.15) is 13.5 Å². The van der Waals surface area contributed by atoms with Crippen LogP contribution in [0.5, 0.6) is 0 Å². The maximum absolute atomic E-state index is 12.3.